The van der Waals surface area contributed by atoms with Gasteiger partial charge in [0.2, 0.25) is 0 Å². The molecule has 106 valence electrons. The van der Waals surface area contributed by atoms with Gasteiger partial charge in [0.1, 0.15) is 0 Å². The molecule has 0 aromatic carbocycles. The Morgan fingerprint density at radius 3 is 2.61 bits per heavy atom. The minimum atomic E-state index is 0.713. The van der Waals surface area contributed by atoms with E-state index >= 15 is 0 Å². The number of nitrogens with zero attached hydrogens (tertiary/aromatic N) is 1. The Hall–Kier alpha value is -0.120. The molecule has 2 unspecified atom stereocenters. The molecule has 0 bridgehead atoms. The zero-order chi connectivity index (χ0) is 12.8. The van der Waals surface area contributed by atoms with Crippen molar-refractivity contribution in [2.24, 2.45) is 11.7 Å². The second kappa shape index (κ2) is 7.46. The second-order valence-corrected chi connectivity index (χ2v) is 6.28. The molecule has 2 atom stereocenters. The SMILES string of the molecule is CCCC1CC(NC2CCCC2)CN(CCN)C1. The minimum Gasteiger partial charge on any atom is -0.329 e. The lowest BCUT2D eigenvalue weighted by molar-refractivity contribution is 0.133. The molecular weight excluding hydrogens is 222 g/mol. The van der Waals surface area contributed by atoms with Crippen LogP contribution in [0.3, 0.4) is 0 Å². The molecule has 1 aliphatic heterocycles. The zero-order valence-corrected chi connectivity index (χ0v) is 12.0. The van der Waals surface area contributed by atoms with Crippen LogP contribution in [0.15, 0.2) is 0 Å². The smallest absolute Gasteiger partial charge is 0.0200 e. The van der Waals surface area contributed by atoms with Crippen molar-refractivity contribution in [3.63, 3.8) is 0 Å². The Balaban J connectivity index is 1.83. The van der Waals surface area contributed by atoms with Crippen molar-refractivity contribution in [2.45, 2.75) is 64.0 Å². The molecule has 0 aromatic rings. The third-order valence-electron chi connectivity index (χ3n) is 4.58. The van der Waals surface area contributed by atoms with Crippen LogP contribution >= 0.6 is 0 Å². The van der Waals surface area contributed by atoms with Crippen molar-refractivity contribution >= 4 is 0 Å². The van der Waals surface area contributed by atoms with Crippen LogP contribution in [0.2, 0.25) is 0 Å². The highest BCUT2D eigenvalue weighted by Gasteiger charge is 2.28. The first-order valence-corrected chi connectivity index (χ1v) is 8.00. The summed E-state index contributed by atoms with van der Waals surface area (Å²) >= 11 is 0. The van der Waals surface area contributed by atoms with Crippen molar-refractivity contribution in [1.82, 2.24) is 10.2 Å². The molecule has 0 spiro atoms. The first-order valence-electron chi connectivity index (χ1n) is 8.00. The van der Waals surface area contributed by atoms with Crippen molar-refractivity contribution in [3.05, 3.63) is 0 Å². The minimum absolute atomic E-state index is 0.713. The maximum Gasteiger partial charge on any atom is 0.0200 e. The summed E-state index contributed by atoms with van der Waals surface area (Å²) in [5, 5.41) is 3.91. The Kier molecular flexibility index (Phi) is 5.93. The highest BCUT2D eigenvalue weighted by Crippen LogP contribution is 2.24. The molecule has 1 saturated heterocycles. The summed E-state index contributed by atoms with van der Waals surface area (Å²) in [6.45, 7) is 6.67. The second-order valence-electron chi connectivity index (χ2n) is 6.28. The van der Waals surface area contributed by atoms with Crippen LogP contribution in [0, 0.1) is 5.92 Å². The van der Waals surface area contributed by atoms with Gasteiger partial charge in [-0.05, 0) is 31.6 Å². The van der Waals surface area contributed by atoms with E-state index in [9.17, 15) is 0 Å². The first kappa shape index (κ1) is 14.3. The fourth-order valence-electron chi connectivity index (χ4n) is 3.83. The summed E-state index contributed by atoms with van der Waals surface area (Å²) in [5.41, 5.74) is 5.73. The van der Waals surface area contributed by atoms with Gasteiger partial charge in [-0.25, -0.2) is 0 Å². The van der Waals surface area contributed by atoms with E-state index in [4.69, 9.17) is 5.73 Å². The van der Waals surface area contributed by atoms with E-state index in [0.29, 0.717) is 6.04 Å². The standard InChI is InChI=1S/C15H31N3/c1-2-5-13-10-15(12-18(11-13)9-8-16)17-14-6-3-4-7-14/h13-15,17H,2-12,16H2,1H3. The Morgan fingerprint density at radius 1 is 1.17 bits per heavy atom. The molecule has 3 heteroatoms. The maximum atomic E-state index is 5.73. The summed E-state index contributed by atoms with van der Waals surface area (Å²) in [4.78, 5) is 2.58. The normalized spacial score (nSPS) is 31.0. The van der Waals surface area contributed by atoms with E-state index in [1.165, 1.54) is 58.0 Å². The molecule has 0 radical (unpaired) electrons. The van der Waals surface area contributed by atoms with Crippen LogP contribution < -0.4 is 11.1 Å². The number of nitrogens with two attached hydrogens (primary N) is 1. The monoisotopic (exact) mass is 253 g/mol. The maximum absolute atomic E-state index is 5.73. The van der Waals surface area contributed by atoms with Gasteiger partial charge in [-0.15, -0.1) is 0 Å². The summed E-state index contributed by atoms with van der Waals surface area (Å²) in [6.07, 6.45) is 9.72. The van der Waals surface area contributed by atoms with Crippen LogP contribution in [0.4, 0.5) is 0 Å². The van der Waals surface area contributed by atoms with E-state index in [-0.39, 0.29) is 0 Å². The Bertz CT molecular complexity index is 212. The van der Waals surface area contributed by atoms with Gasteiger partial charge >= 0.3 is 0 Å². The van der Waals surface area contributed by atoms with E-state index < -0.39 is 0 Å². The van der Waals surface area contributed by atoms with Crippen molar-refractivity contribution < 1.29 is 0 Å². The average molecular weight is 253 g/mol. The predicted octanol–water partition coefficient (Wildman–Crippen LogP) is 1.97. The fourth-order valence-corrected chi connectivity index (χ4v) is 3.83. The number of hydrogen-bond donors (Lipinski definition) is 2. The van der Waals surface area contributed by atoms with Crippen molar-refractivity contribution in [1.29, 1.82) is 0 Å². The summed E-state index contributed by atoms with van der Waals surface area (Å²) in [6, 6.07) is 1.51. The summed E-state index contributed by atoms with van der Waals surface area (Å²) in [7, 11) is 0. The van der Waals surface area contributed by atoms with Crippen LogP contribution in [-0.4, -0.2) is 43.2 Å². The molecule has 2 rings (SSSR count). The van der Waals surface area contributed by atoms with Gasteiger partial charge in [-0.3, -0.25) is 0 Å². The lowest BCUT2D eigenvalue weighted by atomic mass is 9.90. The lowest BCUT2D eigenvalue weighted by Crippen LogP contribution is -2.52. The molecule has 2 fully saturated rings. The van der Waals surface area contributed by atoms with E-state index in [1.54, 1.807) is 0 Å². The first-order chi connectivity index (χ1) is 8.81. The molecule has 1 heterocycles. The predicted molar refractivity (Wildman–Crippen MR) is 77.7 cm³/mol. The molecule has 1 saturated carbocycles. The average Bonchev–Trinajstić information content (AvgIpc) is 2.82. The van der Waals surface area contributed by atoms with Crippen LogP contribution in [0.1, 0.15) is 51.9 Å². The van der Waals surface area contributed by atoms with Crippen molar-refractivity contribution in [3.8, 4) is 0 Å². The van der Waals surface area contributed by atoms with Gasteiger partial charge in [-0.1, -0.05) is 26.2 Å². The van der Waals surface area contributed by atoms with E-state index in [1.807, 2.05) is 0 Å². The third kappa shape index (κ3) is 4.22. The third-order valence-corrected chi connectivity index (χ3v) is 4.58. The van der Waals surface area contributed by atoms with E-state index in [2.05, 4.69) is 17.1 Å². The molecule has 2 aliphatic rings. The van der Waals surface area contributed by atoms with Gasteiger partial charge in [0.15, 0.2) is 0 Å². The van der Waals surface area contributed by atoms with Crippen LogP contribution in [-0.2, 0) is 0 Å². The van der Waals surface area contributed by atoms with Gasteiger partial charge in [0.05, 0.1) is 0 Å². The fraction of sp³-hybridized carbons (Fsp3) is 1.00. The summed E-state index contributed by atoms with van der Waals surface area (Å²) in [5.74, 6) is 0.884. The Labute approximate surface area is 112 Å². The number of rotatable bonds is 6. The number of nitrogens with one attached hydrogen (secondary N) is 1. The Morgan fingerprint density at radius 2 is 1.94 bits per heavy atom. The van der Waals surface area contributed by atoms with Gasteiger partial charge in [-0.2, -0.15) is 0 Å². The number of hydrogen-bond acceptors (Lipinski definition) is 3. The van der Waals surface area contributed by atoms with Gasteiger partial charge in [0, 0.05) is 38.3 Å². The van der Waals surface area contributed by atoms with Crippen LogP contribution in [0.5, 0.6) is 0 Å². The highest BCUT2D eigenvalue weighted by molar-refractivity contribution is 4.87. The quantitative estimate of drug-likeness (QED) is 0.760. The molecule has 3 nitrogen and oxygen atoms in total. The number of piperidine rings is 1. The molecular formula is C15H31N3. The summed E-state index contributed by atoms with van der Waals surface area (Å²) < 4.78 is 0. The lowest BCUT2D eigenvalue weighted by Gasteiger charge is -2.39. The molecule has 0 amide bonds. The van der Waals surface area contributed by atoms with E-state index in [0.717, 1.165) is 25.0 Å². The topological polar surface area (TPSA) is 41.3 Å². The van der Waals surface area contributed by atoms with Crippen molar-refractivity contribution in [2.75, 3.05) is 26.2 Å². The molecule has 0 aromatic heterocycles. The van der Waals surface area contributed by atoms with Gasteiger partial charge < -0.3 is 16.0 Å². The van der Waals surface area contributed by atoms with Gasteiger partial charge in [0.25, 0.3) is 0 Å². The van der Waals surface area contributed by atoms with Crippen LogP contribution in [0.25, 0.3) is 0 Å². The molecule has 18 heavy (non-hydrogen) atoms. The largest absolute Gasteiger partial charge is 0.329 e. The molecule has 3 N–H and O–H groups in total. The number of likely N-dealkylation sites (tertiary alicyclic amines) is 1. The molecule has 1 aliphatic carbocycles. The zero-order valence-electron chi connectivity index (χ0n) is 12.0. The highest BCUT2D eigenvalue weighted by atomic mass is 15.2.